The van der Waals surface area contributed by atoms with Crippen molar-refractivity contribution in [2.24, 2.45) is 5.92 Å². The Balaban J connectivity index is 1.29. The molecule has 4 rings (SSSR count). The van der Waals surface area contributed by atoms with Gasteiger partial charge in [-0.15, -0.1) is 0 Å². The monoisotopic (exact) mass is 447 g/mol. The van der Waals surface area contributed by atoms with Gasteiger partial charge in [0.15, 0.2) is 11.6 Å². The van der Waals surface area contributed by atoms with E-state index in [1.807, 2.05) is 30.3 Å². The van der Waals surface area contributed by atoms with Crippen LogP contribution in [0, 0.1) is 11.7 Å². The number of benzene rings is 2. The Hall–Kier alpha value is -3.74. The van der Waals surface area contributed by atoms with E-state index in [1.54, 1.807) is 29.3 Å². The number of ether oxygens (including phenoxy) is 1. The highest BCUT2D eigenvalue weighted by atomic mass is 19.1. The molecule has 2 heterocycles. The van der Waals surface area contributed by atoms with Crippen molar-refractivity contribution in [1.82, 2.24) is 15.2 Å². The standard InChI is InChI=1S/C26H26FN3O3/c27-23-14-20(10-11-24(23)33-22-9-4-12-28-17-22)16-29-26(32)21-8-5-13-30(18-21)25(31)15-19-6-2-1-3-7-19/h1-4,6-7,9-12,14,17,21H,5,8,13,15-16,18H2,(H,29,32). The van der Waals surface area contributed by atoms with Gasteiger partial charge in [0.1, 0.15) is 5.75 Å². The van der Waals surface area contributed by atoms with E-state index in [0.717, 1.165) is 18.4 Å². The van der Waals surface area contributed by atoms with Gasteiger partial charge >= 0.3 is 0 Å². The summed E-state index contributed by atoms with van der Waals surface area (Å²) in [5, 5.41) is 2.88. The summed E-state index contributed by atoms with van der Waals surface area (Å²) in [5.74, 6) is -0.329. The van der Waals surface area contributed by atoms with Crippen LogP contribution in [-0.4, -0.2) is 34.8 Å². The molecule has 1 atom stereocenters. The Morgan fingerprint density at radius 3 is 2.70 bits per heavy atom. The van der Waals surface area contributed by atoms with Crippen LogP contribution >= 0.6 is 0 Å². The van der Waals surface area contributed by atoms with E-state index in [-0.39, 0.29) is 30.0 Å². The molecule has 1 aliphatic rings. The quantitative estimate of drug-likeness (QED) is 0.592. The molecule has 2 aromatic carbocycles. The molecule has 1 aromatic heterocycles. The molecule has 1 N–H and O–H groups in total. The Bertz CT molecular complexity index is 1090. The lowest BCUT2D eigenvalue weighted by Gasteiger charge is -2.32. The number of rotatable bonds is 7. The average molecular weight is 448 g/mol. The van der Waals surface area contributed by atoms with Crippen molar-refractivity contribution < 1.29 is 18.7 Å². The minimum atomic E-state index is -0.513. The minimum absolute atomic E-state index is 0.0324. The van der Waals surface area contributed by atoms with Gasteiger partial charge in [0, 0.05) is 25.8 Å². The van der Waals surface area contributed by atoms with E-state index in [1.165, 1.54) is 18.3 Å². The molecular weight excluding hydrogens is 421 g/mol. The summed E-state index contributed by atoms with van der Waals surface area (Å²) < 4.78 is 19.9. The van der Waals surface area contributed by atoms with Gasteiger partial charge in [0.25, 0.3) is 0 Å². The molecule has 0 radical (unpaired) electrons. The van der Waals surface area contributed by atoms with Crippen molar-refractivity contribution in [3.63, 3.8) is 0 Å². The number of nitrogens with zero attached hydrogens (tertiary/aromatic N) is 2. The molecule has 1 fully saturated rings. The number of halogens is 1. The highest BCUT2D eigenvalue weighted by Crippen LogP contribution is 2.24. The second-order valence-corrected chi connectivity index (χ2v) is 8.11. The predicted octanol–water partition coefficient (Wildman–Crippen LogP) is 4.11. The molecule has 0 bridgehead atoms. The normalized spacial score (nSPS) is 15.7. The van der Waals surface area contributed by atoms with Crippen molar-refractivity contribution in [3.8, 4) is 11.5 Å². The van der Waals surface area contributed by atoms with Gasteiger partial charge in [-0.05, 0) is 48.2 Å². The highest BCUT2D eigenvalue weighted by molar-refractivity contribution is 5.82. The molecule has 1 unspecified atom stereocenters. The summed E-state index contributed by atoms with van der Waals surface area (Å²) >= 11 is 0. The van der Waals surface area contributed by atoms with Crippen LogP contribution in [0.5, 0.6) is 11.5 Å². The lowest BCUT2D eigenvalue weighted by atomic mass is 9.96. The van der Waals surface area contributed by atoms with E-state index in [2.05, 4.69) is 10.3 Å². The zero-order valence-electron chi connectivity index (χ0n) is 18.2. The van der Waals surface area contributed by atoms with E-state index in [4.69, 9.17) is 4.74 Å². The fourth-order valence-electron chi connectivity index (χ4n) is 3.90. The van der Waals surface area contributed by atoms with Crippen molar-refractivity contribution in [2.75, 3.05) is 13.1 Å². The fraction of sp³-hybridized carbons (Fsp3) is 0.269. The van der Waals surface area contributed by atoms with Crippen LogP contribution in [0.3, 0.4) is 0 Å². The van der Waals surface area contributed by atoms with Gasteiger partial charge < -0.3 is 15.0 Å². The number of carbonyl (C=O) groups excluding carboxylic acids is 2. The van der Waals surface area contributed by atoms with Crippen LogP contribution in [0.4, 0.5) is 4.39 Å². The van der Waals surface area contributed by atoms with Crippen LogP contribution in [0.25, 0.3) is 0 Å². The maximum atomic E-state index is 14.4. The van der Waals surface area contributed by atoms with Crippen LogP contribution in [0.1, 0.15) is 24.0 Å². The molecule has 0 saturated carbocycles. The first-order valence-corrected chi connectivity index (χ1v) is 11.0. The molecule has 2 amide bonds. The van der Waals surface area contributed by atoms with Gasteiger partial charge in [-0.1, -0.05) is 36.4 Å². The summed E-state index contributed by atoms with van der Waals surface area (Å²) in [4.78, 5) is 31.1. The van der Waals surface area contributed by atoms with Gasteiger partial charge in [-0.25, -0.2) is 4.39 Å². The number of nitrogens with one attached hydrogen (secondary N) is 1. The second kappa shape index (κ2) is 10.7. The summed E-state index contributed by atoms with van der Waals surface area (Å²) in [7, 11) is 0. The van der Waals surface area contributed by atoms with Gasteiger partial charge in [0.2, 0.25) is 11.8 Å². The number of hydrogen-bond donors (Lipinski definition) is 1. The van der Waals surface area contributed by atoms with Crippen molar-refractivity contribution >= 4 is 11.8 Å². The molecule has 6 nitrogen and oxygen atoms in total. The van der Waals surface area contributed by atoms with Gasteiger partial charge in [0.05, 0.1) is 18.5 Å². The molecule has 3 aromatic rings. The summed E-state index contributed by atoms with van der Waals surface area (Å²) in [6, 6.07) is 17.6. The second-order valence-electron chi connectivity index (χ2n) is 8.11. The minimum Gasteiger partial charge on any atom is -0.453 e. The third-order valence-electron chi connectivity index (χ3n) is 5.67. The first kappa shape index (κ1) is 22.5. The van der Waals surface area contributed by atoms with Crippen LogP contribution in [0.15, 0.2) is 73.1 Å². The number of carbonyl (C=O) groups is 2. The molecule has 7 heteroatoms. The Labute approximate surface area is 192 Å². The van der Waals surface area contributed by atoms with Crippen LogP contribution in [-0.2, 0) is 22.6 Å². The molecule has 0 spiro atoms. The van der Waals surface area contributed by atoms with E-state index in [9.17, 15) is 14.0 Å². The lowest BCUT2D eigenvalue weighted by Crippen LogP contribution is -2.45. The first-order valence-electron chi connectivity index (χ1n) is 11.0. The Morgan fingerprint density at radius 1 is 1.09 bits per heavy atom. The van der Waals surface area contributed by atoms with Crippen molar-refractivity contribution in [2.45, 2.75) is 25.8 Å². The van der Waals surface area contributed by atoms with Crippen molar-refractivity contribution in [3.05, 3.63) is 90.0 Å². The van der Waals surface area contributed by atoms with Gasteiger partial charge in [-0.2, -0.15) is 0 Å². The zero-order valence-corrected chi connectivity index (χ0v) is 18.2. The highest BCUT2D eigenvalue weighted by Gasteiger charge is 2.28. The van der Waals surface area contributed by atoms with E-state index < -0.39 is 5.82 Å². The number of piperidine rings is 1. The molecule has 1 saturated heterocycles. The number of aromatic nitrogens is 1. The SMILES string of the molecule is O=C(NCc1ccc(Oc2cccnc2)c(F)c1)C1CCCN(C(=O)Cc2ccccc2)C1. The molecule has 33 heavy (non-hydrogen) atoms. The maximum absolute atomic E-state index is 14.4. The summed E-state index contributed by atoms with van der Waals surface area (Å²) in [6.45, 7) is 1.28. The van der Waals surface area contributed by atoms with Gasteiger partial charge in [-0.3, -0.25) is 14.6 Å². The molecule has 170 valence electrons. The Kier molecular flexibility index (Phi) is 7.29. The van der Waals surface area contributed by atoms with E-state index in [0.29, 0.717) is 30.8 Å². The molecular formula is C26H26FN3O3. The smallest absolute Gasteiger partial charge is 0.227 e. The van der Waals surface area contributed by atoms with Crippen LogP contribution < -0.4 is 10.1 Å². The summed E-state index contributed by atoms with van der Waals surface area (Å²) in [5.41, 5.74) is 1.60. The van der Waals surface area contributed by atoms with Crippen LogP contribution in [0.2, 0.25) is 0 Å². The summed E-state index contributed by atoms with van der Waals surface area (Å²) in [6.07, 6.45) is 4.97. The lowest BCUT2D eigenvalue weighted by molar-refractivity contribution is -0.135. The largest absolute Gasteiger partial charge is 0.453 e. The Morgan fingerprint density at radius 2 is 1.94 bits per heavy atom. The predicted molar refractivity (Wildman–Crippen MR) is 122 cm³/mol. The number of pyridine rings is 1. The molecule has 0 aliphatic carbocycles. The molecule has 1 aliphatic heterocycles. The average Bonchev–Trinajstić information content (AvgIpc) is 2.85. The fourth-order valence-corrected chi connectivity index (χ4v) is 3.90. The van der Waals surface area contributed by atoms with Crippen molar-refractivity contribution in [1.29, 1.82) is 0 Å². The first-order chi connectivity index (χ1) is 16.1. The number of hydrogen-bond acceptors (Lipinski definition) is 4. The number of amides is 2. The third-order valence-corrected chi connectivity index (χ3v) is 5.67. The van der Waals surface area contributed by atoms with E-state index >= 15 is 0 Å². The third kappa shape index (κ3) is 6.16. The zero-order chi connectivity index (χ0) is 23.0. The topological polar surface area (TPSA) is 71.5 Å². The number of likely N-dealkylation sites (tertiary alicyclic amines) is 1. The maximum Gasteiger partial charge on any atom is 0.227 e.